The Morgan fingerprint density at radius 1 is 1.22 bits per heavy atom. The van der Waals surface area contributed by atoms with Crippen LogP contribution in [-0.4, -0.2) is 61.0 Å². The van der Waals surface area contributed by atoms with Gasteiger partial charge in [0.2, 0.25) is 0 Å². The summed E-state index contributed by atoms with van der Waals surface area (Å²) in [6.45, 7) is 2.84. The highest BCUT2D eigenvalue weighted by Gasteiger charge is 2.34. The number of likely N-dealkylation sites (N-methyl/N-ethyl adjacent to an activating group) is 1. The zero-order valence-electron chi connectivity index (χ0n) is 15.1. The largest absolute Gasteiger partial charge is 0.480 e. The molecule has 0 amide bonds. The van der Waals surface area contributed by atoms with Crippen molar-refractivity contribution in [3.63, 3.8) is 0 Å². The molecule has 1 aliphatic rings. The fourth-order valence-electron chi connectivity index (χ4n) is 3.52. The average molecular weight is 366 g/mol. The molecule has 2 aromatic heterocycles. The Balaban J connectivity index is 1.46. The molecule has 4 rings (SSSR count). The molecule has 0 unspecified atom stereocenters. The first-order valence-electron chi connectivity index (χ1n) is 9.14. The number of nitrogens with zero attached hydrogens (tertiary/aromatic N) is 5. The molecule has 0 atom stereocenters. The van der Waals surface area contributed by atoms with Gasteiger partial charge < -0.3 is 10.4 Å². The topological polar surface area (TPSA) is 95.7 Å². The summed E-state index contributed by atoms with van der Waals surface area (Å²) in [5.41, 5.74) is 1.66. The molecule has 8 nitrogen and oxygen atoms in total. The Kier molecular flexibility index (Phi) is 4.72. The zero-order valence-corrected chi connectivity index (χ0v) is 15.1. The van der Waals surface area contributed by atoms with Crippen LogP contribution in [0.15, 0.2) is 42.5 Å². The molecule has 0 spiro atoms. The monoisotopic (exact) mass is 366 g/mol. The molecule has 27 heavy (non-hydrogen) atoms. The minimum absolute atomic E-state index is 0.0965. The summed E-state index contributed by atoms with van der Waals surface area (Å²) in [6.07, 6.45) is 1.82. The van der Waals surface area contributed by atoms with E-state index in [0.29, 0.717) is 23.6 Å². The maximum Gasteiger partial charge on any atom is 0.317 e. The second kappa shape index (κ2) is 7.32. The molecule has 3 aromatic rings. The third-order valence-corrected chi connectivity index (χ3v) is 5.02. The lowest BCUT2D eigenvalue weighted by molar-refractivity contribution is -0.139. The van der Waals surface area contributed by atoms with Crippen molar-refractivity contribution < 1.29 is 9.90 Å². The van der Waals surface area contributed by atoms with E-state index in [-0.39, 0.29) is 6.54 Å². The molecule has 1 aliphatic carbocycles. The summed E-state index contributed by atoms with van der Waals surface area (Å²) in [4.78, 5) is 13.0. The smallest absolute Gasteiger partial charge is 0.317 e. The van der Waals surface area contributed by atoms with Crippen LogP contribution in [0.4, 0.5) is 5.82 Å². The van der Waals surface area contributed by atoms with Gasteiger partial charge in [-0.3, -0.25) is 9.69 Å². The van der Waals surface area contributed by atoms with Crippen molar-refractivity contribution in [2.45, 2.75) is 31.8 Å². The lowest BCUT2D eigenvalue weighted by Crippen LogP contribution is -2.51. The Morgan fingerprint density at radius 2 is 2.00 bits per heavy atom. The van der Waals surface area contributed by atoms with Crippen LogP contribution in [0.1, 0.15) is 19.8 Å². The third kappa shape index (κ3) is 3.61. The second-order valence-corrected chi connectivity index (χ2v) is 6.80. The highest BCUT2D eigenvalue weighted by Crippen LogP contribution is 2.28. The molecule has 1 aromatic carbocycles. The van der Waals surface area contributed by atoms with Crippen LogP contribution >= 0.6 is 0 Å². The van der Waals surface area contributed by atoms with Crippen molar-refractivity contribution in [2.24, 2.45) is 0 Å². The van der Waals surface area contributed by atoms with E-state index in [0.717, 1.165) is 30.8 Å². The molecule has 8 heteroatoms. The lowest BCUT2D eigenvalue weighted by atomic mass is 9.85. The van der Waals surface area contributed by atoms with Crippen LogP contribution in [-0.2, 0) is 4.79 Å². The quantitative estimate of drug-likeness (QED) is 0.661. The summed E-state index contributed by atoms with van der Waals surface area (Å²) in [5.74, 6) is 0.699. The lowest BCUT2D eigenvalue weighted by Gasteiger charge is -2.42. The fraction of sp³-hybridized carbons (Fsp3) is 0.368. The minimum atomic E-state index is -0.776. The van der Waals surface area contributed by atoms with Gasteiger partial charge in [0.25, 0.3) is 0 Å². The number of hydrogen-bond donors (Lipinski definition) is 2. The summed E-state index contributed by atoms with van der Waals surface area (Å²) >= 11 is 0. The summed E-state index contributed by atoms with van der Waals surface area (Å²) < 4.78 is 1.75. The van der Waals surface area contributed by atoms with Crippen LogP contribution < -0.4 is 5.32 Å². The molecule has 1 fully saturated rings. The molecule has 1 saturated carbocycles. The first kappa shape index (κ1) is 17.4. The maximum absolute atomic E-state index is 11.0. The van der Waals surface area contributed by atoms with Crippen LogP contribution in [0, 0.1) is 0 Å². The van der Waals surface area contributed by atoms with Crippen molar-refractivity contribution in [3.8, 4) is 11.4 Å². The number of aliphatic carboxylic acids is 1. The summed E-state index contributed by atoms with van der Waals surface area (Å²) in [6, 6.07) is 14.3. The number of benzene rings is 1. The molecule has 0 radical (unpaired) electrons. The first-order chi connectivity index (χ1) is 13.1. The summed E-state index contributed by atoms with van der Waals surface area (Å²) in [5, 5.41) is 25.5. The number of nitrogens with one attached hydrogen (secondary N) is 1. The molecule has 2 heterocycles. The van der Waals surface area contributed by atoms with Gasteiger partial charge >= 0.3 is 5.97 Å². The number of fused-ring (bicyclic) bond motifs is 1. The van der Waals surface area contributed by atoms with E-state index in [1.807, 2.05) is 54.3 Å². The van der Waals surface area contributed by atoms with Crippen molar-refractivity contribution in [1.29, 1.82) is 0 Å². The normalized spacial score (nSPS) is 19.2. The molecule has 0 aliphatic heterocycles. The summed E-state index contributed by atoms with van der Waals surface area (Å²) in [7, 11) is 0. The second-order valence-electron chi connectivity index (χ2n) is 6.80. The minimum Gasteiger partial charge on any atom is -0.480 e. The highest BCUT2D eigenvalue weighted by molar-refractivity contribution is 5.69. The van der Waals surface area contributed by atoms with Gasteiger partial charge in [-0.2, -0.15) is 4.52 Å². The molecule has 0 saturated heterocycles. The van der Waals surface area contributed by atoms with Crippen LogP contribution in [0.2, 0.25) is 0 Å². The number of aromatic nitrogens is 4. The standard InChI is InChI=1S/C19H22N6O2/c1-2-24(12-18(26)27)15-10-14(11-15)20-16-8-9-17-21-22-19(25(17)23-16)13-6-4-3-5-7-13/h3-9,14-15H,2,10-12H2,1H3,(H,20,23)(H,26,27). The van der Waals surface area contributed by atoms with E-state index in [9.17, 15) is 4.79 Å². The van der Waals surface area contributed by atoms with Gasteiger partial charge in [0.05, 0.1) is 6.54 Å². The Hall–Kier alpha value is -3.00. The van der Waals surface area contributed by atoms with E-state index >= 15 is 0 Å². The fourth-order valence-corrected chi connectivity index (χ4v) is 3.52. The number of hydrogen-bond acceptors (Lipinski definition) is 6. The van der Waals surface area contributed by atoms with Gasteiger partial charge in [0.15, 0.2) is 11.5 Å². The van der Waals surface area contributed by atoms with Crippen LogP contribution in [0.5, 0.6) is 0 Å². The molecular weight excluding hydrogens is 344 g/mol. The van der Waals surface area contributed by atoms with Crippen molar-refractivity contribution in [1.82, 2.24) is 24.7 Å². The molecular formula is C19H22N6O2. The van der Waals surface area contributed by atoms with Crippen molar-refractivity contribution >= 4 is 17.4 Å². The number of rotatable bonds is 7. The Bertz CT molecular complexity index is 936. The molecule has 0 bridgehead atoms. The van der Waals surface area contributed by atoms with Gasteiger partial charge in [-0.05, 0) is 31.5 Å². The van der Waals surface area contributed by atoms with Gasteiger partial charge in [0.1, 0.15) is 5.82 Å². The first-order valence-corrected chi connectivity index (χ1v) is 9.14. The van der Waals surface area contributed by atoms with E-state index in [1.54, 1.807) is 4.52 Å². The molecule has 2 N–H and O–H groups in total. The number of anilines is 1. The van der Waals surface area contributed by atoms with Crippen molar-refractivity contribution in [2.75, 3.05) is 18.4 Å². The van der Waals surface area contributed by atoms with E-state index < -0.39 is 5.97 Å². The number of carboxylic acid groups (broad SMARTS) is 1. The third-order valence-electron chi connectivity index (χ3n) is 5.02. The Morgan fingerprint density at radius 3 is 2.70 bits per heavy atom. The van der Waals surface area contributed by atoms with Crippen molar-refractivity contribution in [3.05, 3.63) is 42.5 Å². The van der Waals surface area contributed by atoms with Gasteiger partial charge in [0, 0.05) is 17.6 Å². The van der Waals surface area contributed by atoms with E-state index in [4.69, 9.17) is 5.11 Å². The SMILES string of the molecule is CCN(CC(=O)O)C1CC(Nc2ccc3nnc(-c4ccccc4)n3n2)C1. The van der Waals surface area contributed by atoms with Gasteiger partial charge in [-0.25, -0.2) is 0 Å². The highest BCUT2D eigenvalue weighted by atomic mass is 16.4. The Labute approximate surface area is 156 Å². The maximum atomic E-state index is 11.0. The van der Waals surface area contributed by atoms with Crippen LogP contribution in [0.25, 0.3) is 17.0 Å². The zero-order chi connectivity index (χ0) is 18.8. The predicted molar refractivity (Wildman–Crippen MR) is 102 cm³/mol. The van der Waals surface area contributed by atoms with E-state index in [2.05, 4.69) is 20.6 Å². The average Bonchev–Trinajstić information content (AvgIpc) is 3.06. The number of carboxylic acids is 1. The van der Waals surface area contributed by atoms with Gasteiger partial charge in [-0.1, -0.05) is 37.3 Å². The predicted octanol–water partition coefficient (Wildman–Crippen LogP) is 2.14. The van der Waals surface area contributed by atoms with Gasteiger partial charge in [-0.15, -0.1) is 15.3 Å². The number of carbonyl (C=O) groups is 1. The van der Waals surface area contributed by atoms with Crippen LogP contribution in [0.3, 0.4) is 0 Å². The molecule has 140 valence electrons. The van der Waals surface area contributed by atoms with E-state index in [1.165, 1.54) is 0 Å².